The van der Waals surface area contributed by atoms with Crippen LogP contribution in [0.1, 0.15) is 36.6 Å². The Morgan fingerprint density at radius 3 is 2.85 bits per heavy atom. The standard InChI is InChI=1S/C19H28N6O2/c1-23-13-15(12-21-23)19-17(14-24-7-3-2-4-8-24)27-10-9-25(19)18(26)11-16-5-6-20-22-16/h5-6,12-13,17,19H,2-4,7-11,14H2,1H3,(H,20,22)/t17-,19-/m0/s1. The molecule has 0 spiro atoms. The monoisotopic (exact) mass is 372 g/mol. The average molecular weight is 372 g/mol. The molecule has 8 nitrogen and oxygen atoms in total. The molecule has 2 aliphatic rings. The zero-order valence-corrected chi connectivity index (χ0v) is 15.9. The Kier molecular flexibility index (Phi) is 5.54. The Morgan fingerprint density at radius 1 is 1.30 bits per heavy atom. The Morgan fingerprint density at radius 2 is 2.15 bits per heavy atom. The maximum atomic E-state index is 13.1. The lowest BCUT2D eigenvalue weighted by molar-refractivity contribution is -0.148. The maximum absolute atomic E-state index is 13.1. The fraction of sp³-hybridized carbons (Fsp3) is 0.632. The van der Waals surface area contributed by atoms with Crippen LogP contribution in [0, 0.1) is 0 Å². The van der Waals surface area contributed by atoms with E-state index in [2.05, 4.69) is 20.2 Å². The van der Waals surface area contributed by atoms with Gasteiger partial charge in [0.05, 0.1) is 31.4 Å². The van der Waals surface area contributed by atoms with Gasteiger partial charge in [-0.05, 0) is 32.0 Å². The van der Waals surface area contributed by atoms with Crippen molar-refractivity contribution in [1.29, 1.82) is 0 Å². The highest BCUT2D eigenvalue weighted by molar-refractivity contribution is 5.79. The molecule has 0 bridgehead atoms. The summed E-state index contributed by atoms with van der Waals surface area (Å²) >= 11 is 0. The van der Waals surface area contributed by atoms with E-state index in [1.165, 1.54) is 19.3 Å². The molecule has 146 valence electrons. The Hall–Kier alpha value is -2.19. The molecule has 1 N–H and O–H groups in total. The molecule has 1 amide bonds. The van der Waals surface area contributed by atoms with Crippen molar-refractivity contribution < 1.29 is 9.53 Å². The van der Waals surface area contributed by atoms with Crippen LogP contribution in [0.25, 0.3) is 0 Å². The third kappa shape index (κ3) is 4.22. The van der Waals surface area contributed by atoms with Gasteiger partial charge in [-0.3, -0.25) is 14.6 Å². The number of nitrogens with one attached hydrogen (secondary N) is 1. The fourth-order valence-corrected chi connectivity index (χ4v) is 4.20. The van der Waals surface area contributed by atoms with Crippen molar-refractivity contribution in [2.45, 2.75) is 37.8 Å². The fourth-order valence-electron chi connectivity index (χ4n) is 4.20. The molecule has 4 heterocycles. The Bertz CT molecular complexity index is 737. The predicted octanol–water partition coefficient (Wildman–Crippen LogP) is 1.14. The van der Waals surface area contributed by atoms with E-state index in [1.54, 1.807) is 10.9 Å². The molecule has 2 aliphatic heterocycles. The number of aromatic amines is 1. The molecule has 0 aliphatic carbocycles. The zero-order valence-electron chi connectivity index (χ0n) is 15.9. The third-order valence-electron chi connectivity index (χ3n) is 5.53. The molecule has 2 fully saturated rings. The van der Waals surface area contributed by atoms with Gasteiger partial charge >= 0.3 is 0 Å². The first kappa shape index (κ1) is 18.2. The minimum absolute atomic E-state index is 0.0354. The van der Waals surface area contributed by atoms with Crippen LogP contribution in [-0.2, 0) is 23.0 Å². The summed E-state index contributed by atoms with van der Waals surface area (Å²) in [6.07, 6.45) is 9.62. The normalized spacial score (nSPS) is 24.3. The highest BCUT2D eigenvalue weighted by atomic mass is 16.5. The molecular formula is C19H28N6O2. The molecule has 2 aromatic rings. The molecule has 0 saturated carbocycles. The lowest BCUT2D eigenvalue weighted by Crippen LogP contribution is -2.52. The summed E-state index contributed by atoms with van der Waals surface area (Å²) in [5.74, 6) is 0.0973. The van der Waals surface area contributed by atoms with E-state index in [0.717, 1.165) is 30.9 Å². The van der Waals surface area contributed by atoms with Crippen LogP contribution in [0.15, 0.2) is 24.7 Å². The van der Waals surface area contributed by atoms with Crippen molar-refractivity contribution >= 4 is 5.91 Å². The maximum Gasteiger partial charge on any atom is 0.229 e. The van der Waals surface area contributed by atoms with Gasteiger partial charge in [-0.2, -0.15) is 10.2 Å². The van der Waals surface area contributed by atoms with Crippen molar-refractivity contribution in [2.24, 2.45) is 7.05 Å². The van der Waals surface area contributed by atoms with Gasteiger partial charge in [0.1, 0.15) is 0 Å². The second-order valence-electron chi connectivity index (χ2n) is 7.51. The lowest BCUT2D eigenvalue weighted by atomic mass is 9.98. The van der Waals surface area contributed by atoms with Crippen LogP contribution in [-0.4, -0.2) is 74.6 Å². The molecule has 0 unspecified atom stereocenters. The van der Waals surface area contributed by atoms with Crippen molar-refractivity contribution in [3.05, 3.63) is 35.9 Å². The number of carbonyl (C=O) groups excluding carboxylic acids is 1. The summed E-state index contributed by atoms with van der Waals surface area (Å²) < 4.78 is 7.97. The lowest BCUT2D eigenvalue weighted by Gasteiger charge is -2.43. The summed E-state index contributed by atoms with van der Waals surface area (Å²) in [5.41, 5.74) is 1.88. The third-order valence-corrected chi connectivity index (χ3v) is 5.53. The topological polar surface area (TPSA) is 79.3 Å². The zero-order chi connectivity index (χ0) is 18.6. The van der Waals surface area contributed by atoms with E-state index in [1.807, 2.05) is 30.4 Å². The summed E-state index contributed by atoms with van der Waals surface area (Å²) in [4.78, 5) is 17.5. The summed E-state index contributed by atoms with van der Waals surface area (Å²) in [6.45, 7) is 4.25. The van der Waals surface area contributed by atoms with E-state index >= 15 is 0 Å². The first-order valence-corrected chi connectivity index (χ1v) is 9.81. The molecule has 8 heteroatoms. The van der Waals surface area contributed by atoms with Gasteiger partial charge in [0, 0.05) is 43.8 Å². The van der Waals surface area contributed by atoms with Crippen LogP contribution in [0.3, 0.4) is 0 Å². The van der Waals surface area contributed by atoms with Gasteiger partial charge in [0.25, 0.3) is 0 Å². The summed E-state index contributed by atoms with van der Waals surface area (Å²) in [5, 5.41) is 11.2. The second kappa shape index (κ2) is 8.22. The number of morpholine rings is 1. The molecule has 2 saturated heterocycles. The van der Waals surface area contributed by atoms with Crippen LogP contribution in [0.2, 0.25) is 0 Å². The predicted molar refractivity (Wildman–Crippen MR) is 100.0 cm³/mol. The largest absolute Gasteiger partial charge is 0.373 e. The van der Waals surface area contributed by atoms with Crippen LogP contribution in [0.5, 0.6) is 0 Å². The SMILES string of the molecule is Cn1cc([C@H]2[C@H](CN3CCCCC3)OCCN2C(=O)Cc2ccn[nH]2)cn1. The van der Waals surface area contributed by atoms with Gasteiger partial charge in [-0.15, -0.1) is 0 Å². The molecule has 4 rings (SSSR count). The smallest absolute Gasteiger partial charge is 0.229 e. The highest BCUT2D eigenvalue weighted by Gasteiger charge is 2.38. The van der Waals surface area contributed by atoms with Crippen LogP contribution >= 0.6 is 0 Å². The molecular weight excluding hydrogens is 344 g/mol. The molecule has 0 radical (unpaired) electrons. The number of piperidine rings is 1. The van der Waals surface area contributed by atoms with Crippen molar-refractivity contribution in [2.75, 3.05) is 32.8 Å². The van der Waals surface area contributed by atoms with E-state index in [-0.39, 0.29) is 18.1 Å². The Balaban J connectivity index is 1.55. The van der Waals surface area contributed by atoms with Gasteiger partial charge in [0.2, 0.25) is 5.91 Å². The van der Waals surface area contributed by atoms with E-state index in [9.17, 15) is 4.79 Å². The number of likely N-dealkylation sites (tertiary alicyclic amines) is 1. The second-order valence-corrected chi connectivity index (χ2v) is 7.51. The number of nitrogens with zero attached hydrogens (tertiary/aromatic N) is 5. The van der Waals surface area contributed by atoms with E-state index in [0.29, 0.717) is 19.6 Å². The average Bonchev–Trinajstić information content (AvgIpc) is 3.34. The molecule has 2 aromatic heterocycles. The number of hydrogen-bond donors (Lipinski definition) is 1. The molecule has 27 heavy (non-hydrogen) atoms. The first-order valence-electron chi connectivity index (χ1n) is 9.81. The van der Waals surface area contributed by atoms with E-state index < -0.39 is 0 Å². The minimum atomic E-state index is -0.107. The van der Waals surface area contributed by atoms with Crippen molar-refractivity contribution in [1.82, 2.24) is 29.8 Å². The Labute approximate surface area is 159 Å². The first-order chi connectivity index (χ1) is 13.2. The van der Waals surface area contributed by atoms with Crippen molar-refractivity contribution in [3.63, 3.8) is 0 Å². The minimum Gasteiger partial charge on any atom is -0.373 e. The highest BCUT2D eigenvalue weighted by Crippen LogP contribution is 2.31. The van der Waals surface area contributed by atoms with Crippen molar-refractivity contribution in [3.8, 4) is 0 Å². The summed E-state index contributed by atoms with van der Waals surface area (Å²) in [6, 6.07) is 1.74. The van der Waals surface area contributed by atoms with Crippen LogP contribution in [0.4, 0.5) is 0 Å². The number of carbonyl (C=O) groups is 1. The number of amides is 1. The summed E-state index contributed by atoms with van der Waals surface area (Å²) in [7, 11) is 1.91. The van der Waals surface area contributed by atoms with E-state index in [4.69, 9.17) is 4.74 Å². The van der Waals surface area contributed by atoms with Gasteiger partial charge in [-0.25, -0.2) is 0 Å². The number of rotatable bonds is 5. The van der Waals surface area contributed by atoms with Crippen LogP contribution < -0.4 is 0 Å². The quantitative estimate of drug-likeness (QED) is 0.851. The number of ether oxygens (including phenoxy) is 1. The molecule has 2 atom stereocenters. The number of hydrogen-bond acceptors (Lipinski definition) is 5. The number of H-pyrrole nitrogens is 1. The number of aryl methyl sites for hydroxylation is 1. The number of aromatic nitrogens is 4. The molecule has 0 aromatic carbocycles. The van der Waals surface area contributed by atoms with Gasteiger partial charge < -0.3 is 14.5 Å². The van der Waals surface area contributed by atoms with Gasteiger partial charge in [0.15, 0.2) is 0 Å². The van der Waals surface area contributed by atoms with Gasteiger partial charge in [-0.1, -0.05) is 6.42 Å².